The number of ether oxygens (including phenoxy) is 1. The molecule has 0 N–H and O–H groups in total. The number of pyridine rings is 1. The topological polar surface area (TPSA) is 22.1 Å². The lowest BCUT2D eigenvalue weighted by molar-refractivity contribution is 0.285. The fourth-order valence-corrected chi connectivity index (χ4v) is 2.27. The van der Waals surface area contributed by atoms with Gasteiger partial charge in [0, 0.05) is 17.5 Å². The van der Waals surface area contributed by atoms with E-state index < -0.39 is 0 Å². The van der Waals surface area contributed by atoms with Crippen LogP contribution in [0.3, 0.4) is 0 Å². The predicted octanol–water partition coefficient (Wildman–Crippen LogP) is 4.27. The summed E-state index contributed by atoms with van der Waals surface area (Å²) in [6.45, 7) is 2.93. The van der Waals surface area contributed by atoms with Gasteiger partial charge in [-0.05, 0) is 43.0 Å². The number of nitrogens with zero attached hydrogens (tertiary/aromatic N) is 1. The molecule has 0 saturated carbocycles. The van der Waals surface area contributed by atoms with Crippen LogP contribution in [0.2, 0.25) is 0 Å². The van der Waals surface area contributed by atoms with Gasteiger partial charge in [-0.15, -0.1) is 11.6 Å². The standard InChI is InChI=1S/C15H18ClNO/c1-12(7-9-16)8-11-18-15-6-2-5-14-13(15)4-3-10-17-14/h2-6,10,12H,7-9,11H2,1H3. The summed E-state index contributed by atoms with van der Waals surface area (Å²) >= 11 is 5.72. The van der Waals surface area contributed by atoms with Crippen molar-refractivity contribution in [1.82, 2.24) is 4.98 Å². The van der Waals surface area contributed by atoms with Crippen molar-refractivity contribution in [3.63, 3.8) is 0 Å². The highest BCUT2D eigenvalue weighted by atomic mass is 35.5. The first-order valence-electron chi connectivity index (χ1n) is 6.34. The van der Waals surface area contributed by atoms with E-state index in [1.54, 1.807) is 6.20 Å². The van der Waals surface area contributed by atoms with E-state index >= 15 is 0 Å². The zero-order chi connectivity index (χ0) is 12.8. The van der Waals surface area contributed by atoms with Gasteiger partial charge < -0.3 is 4.74 Å². The average molecular weight is 264 g/mol. The zero-order valence-electron chi connectivity index (χ0n) is 10.6. The van der Waals surface area contributed by atoms with Crippen LogP contribution < -0.4 is 4.74 Å². The molecule has 18 heavy (non-hydrogen) atoms. The van der Waals surface area contributed by atoms with Crippen molar-refractivity contribution in [3.05, 3.63) is 36.5 Å². The first kappa shape index (κ1) is 13.2. The van der Waals surface area contributed by atoms with Gasteiger partial charge in [-0.3, -0.25) is 4.98 Å². The second kappa shape index (κ2) is 6.60. The Morgan fingerprint density at radius 2 is 2.11 bits per heavy atom. The van der Waals surface area contributed by atoms with Gasteiger partial charge in [0.15, 0.2) is 0 Å². The maximum atomic E-state index is 5.85. The predicted molar refractivity (Wildman–Crippen MR) is 76.4 cm³/mol. The number of hydrogen-bond donors (Lipinski definition) is 0. The summed E-state index contributed by atoms with van der Waals surface area (Å²) in [6, 6.07) is 9.95. The molecule has 0 aliphatic carbocycles. The SMILES string of the molecule is CC(CCCl)CCOc1cccc2ncccc12. The number of rotatable bonds is 6. The number of benzene rings is 1. The highest BCUT2D eigenvalue weighted by Crippen LogP contribution is 2.24. The van der Waals surface area contributed by atoms with Crippen LogP contribution in [0, 0.1) is 5.92 Å². The number of halogens is 1. The van der Waals surface area contributed by atoms with E-state index in [9.17, 15) is 0 Å². The molecule has 0 saturated heterocycles. The first-order valence-corrected chi connectivity index (χ1v) is 6.87. The number of hydrogen-bond acceptors (Lipinski definition) is 2. The van der Waals surface area contributed by atoms with Crippen LogP contribution in [0.5, 0.6) is 5.75 Å². The maximum absolute atomic E-state index is 5.85. The fraction of sp³-hybridized carbons (Fsp3) is 0.400. The molecule has 0 fully saturated rings. The monoisotopic (exact) mass is 263 g/mol. The van der Waals surface area contributed by atoms with Crippen molar-refractivity contribution in [2.75, 3.05) is 12.5 Å². The smallest absolute Gasteiger partial charge is 0.128 e. The van der Waals surface area contributed by atoms with Crippen molar-refractivity contribution in [2.24, 2.45) is 5.92 Å². The molecule has 0 aliphatic rings. The number of alkyl halides is 1. The summed E-state index contributed by atoms with van der Waals surface area (Å²) in [5, 5.41) is 1.07. The lowest BCUT2D eigenvalue weighted by Crippen LogP contribution is -2.05. The molecule has 0 spiro atoms. The van der Waals surface area contributed by atoms with E-state index in [-0.39, 0.29) is 0 Å². The lowest BCUT2D eigenvalue weighted by atomic mass is 10.1. The summed E-state index contributed by atoms with van der Waals surface area (Å²) in [6.07, 6.45) is 3.88. The van der Waals surface area contributed by atoms with Crippen LogP contribution in [-0.2, 0) is 0 Å². The van der Waals surface area contributed by atoms with Crippen LogP contribution >= 0.6 is 11.6 Å². The van der Waals surface area contributed by atoms with Gasteiger partial charge in [-0.2, -0.15) is 0 Å². The van der Waals surface area contributed by atoms with Crippen LogP contribution in [0.25, 0.3) is 10.9 Å². The Hall–Kier alpha value is -1.28. The Bertz CT molecular complexity index is 495. The number of aromatic nitrogens is 1. The minimum absolute atomic E-state index is 0.607. The van der Waals surface area contributed by atoms with Crippen molar-refractivity contribution >= 4 is 22.5 Å². The molecule has 1 unspecified atom stereocenters. The van der Waals surface area contributed by atoms with E-state index in [1.807, 2.05) is 30.3 Å². The van der Waals surface area contributed by atoms with Crippen molar-refractivity contribution in [3.8, 4) is 5.75 Å². The van der Waals surface area contributed by atoms with E-state index in [1.165, 1.54) is 0 Å². The average Bonchev–Trinajstić information content (AvgIpc) is 2.39. The molecule has 0 radical (unpaired) electrons. The van der Waals surface area contributed by atoms with Crippen LogP contribution in [0.4, 0.5) is 0 Å². The van der Waals surface area contributed by atoms with E-state index in [4.69, 9.17) is 16.3 Å². The largest absolute Gasteiger partial charge is 0.493 e. The second-order valence-corrected chi connectivity index (χ2v) is 4.92. The third-order valence-corrected chi connectivity index (χ3v) is 3.29. The molecule has 2 nitrogen and oxygen atoms in total. The minimum Gasteiger partial charge on any atom is -0.493 e. The van der Waals surface area contributed by atoms with Gasteiger partial charge >= 0.3 is 0 Å². The van der Waals surface area contributed by atoms with Gasteiger partial charge in [0.2, 0.25) is 0 Å². The molecule has 0 aliphatic heterocycles. The summed E-state index contributed by atoms with van der Waals surface area (Å²) < 4.78 is 5.85. The van der Waals surface area contributed by atoms with Crippen LogP contribution in [0.1, 0.15) is 19.8 Å². The zero-order valence-corrected chi connectivity index (χ0v) is 11.4. The quantitative estimate of drug-likeness (QED) is 0.726. The van der Waals surface area contributed by atoms with Gasteiger partial charge in [0.25, 0.3) is 0 Å². The Morgan fingerprint density at radius 3 is 2.94 bits per heavy atom. The highest BCUT2D eigenvalue weighted by Gasteiger charge is 2.04. The molecule has 1 aromatic heterocycles. The third kappa shape index (κ3) is 3.36. The Morgan fingerprint density at radius 1 is 1.22 bits per heavy atom. The van der Waals surface area contributed by atoms with Gasteiger partial charge in [0.1, 0.15) is 5.75 Å². The van der Waals surface area contributed by atoms with E-state index in [2.05, 4.69) is 11.9 Å². The molecule has 2 rings (SSSR count). The van der Waals surface area contributed by atoms with Crippen molar-refractivity contribution in [1.29, 1.82) is 0 Å². The summed E-state index contributed by atoms with van der Waals surface area (Å²) in [5.41, 5.74) is 0.976. The molecule has 1 atom stereocenters. The molecule has 96 valence electrons. The third-order valence-electron chi connectivity index (χ3n) is 3.08. The van der Waals surface area contributed by atoms with Crippen molar-refractivity contribution < 1.29 is 4.74 Å². The molecule has 1 heterocycles. The summed E-state index contributed by atoms with van der Waals surface area (Å²) in [7, 11) is 0. The second-order valence-electron chi connectivity index (χ2n) is 4.55. The van der Waals surface area contributed by atoms with Crippen LogP contribution in [0.15, 0.2) is 36.5 Å². The normalized spacial score (nSPS) is 12.6. The minimum atomic E-state index is 0.607. The Kier molecular flexibility index (Phi) is 4.82. The molecule has 0 bridgehead atoms. The number of fused-ring (bicyclic) bond motifs is 1. The molecule has 0 amide bonds. The van der Waals surface area contributed by atoms with E-state index in [0.29, 0.717) is 5.92 Å². The fourth-order valence-electron chi connectivity index (χ4n) is 1.90. The maximum Gasteiger partial charge on any atom is 0.128 e. The summed E-state index contributed by atoms with van der Waals surface area (Å²) in [4.78, 5) is 4.32. The van der Waals surface area contributed by atoms with E-state index in [0.717, 1.165) is 42.0 Å². The lowest BCUT2D eigenvalue weighted by Gasteiger charge is -2.12. The van der Waals surface area contributed by atoms with Gasteiger partial charge in [0.05, 0.1) is 12.1 Å². The molecule has 3 heteroatoms. The van der Waals surface area contributed by atoms with Gasteiger partial charge in [-0.25, -0.2) is 0 Å². The Balaban J connectivity index is 1.99. The first-order chi connectivity index (χ1) is 8.81. The highest BCUT2D eigenvalue weighted by molar-refractivity contribution is 6.17. The van der Waals surface area contributed by atoms with Crippen molar-refractivity contribution in [2.45, 2.75) is 19.8 Å². The molecule has 1 aromatic carbocycles. The Labute approximate surface area is 113 Å². The summed E-state index contributed by atoms with van der Waals surface area (Å²) in [5.74, 6) is 2.24. The van der Waals surface area contributed by atoms with Crippen LogP contribution in [-0.4, -0.2) is 17.5 Å². The molecular formula is C15H18ClNO. The van der Waals surface area contributed by atoms with Gasteiger partial charge in [-0.1, -0.05) is 13.0 Å². The molecular weight excluding hydrogens is 246 g/mol. The molecule has 2 aromatic rings.